The highest BCUT2D eigenvalue weighted by atomic mass is 35.5. The van der Waals surface area contributed by atoms with Crippen LogP contribution in [0.3, 0.4) is 0 Å². The number of aldehydes is 1. The van der Waals surface area contributed by atoms with E-state index in [1.165, 1.54) is 11.8 Å². The van der Waals surface area contributed by atoms with Crippen LogP contribution in [0.2, 0.25) is 5.15 Å². The Balaban J connectivity index is 2.88. The molecule has 0 aliphatic rings. The van der Waals surface area contributed by atoms with Gasteiger partial charge >= 0.3 is 5.97 Å². The van der Waals surface area contributed by atoms with E-state index in [2.05, 4.69) is 9.97 Å². The largest absolute Gasteiger partial charge is 0.465 e. The highest BCUT2D eigenvalue weighted by molar-refractivity contribution is 8.00. The number of hydrogen-bond acceptors (Lipinski definition) is 7. The second kappa shape index (κ2) is 7.60. The van der Waals surface area contributed by atoms with Gasteiger partial charge in [0.1, 0.15) is 10.2 Å². The summed E-state index contributed by atoms with van der Waals surface area (Å²) in [5, 5.41) is 0.940. The lowest BCUT2D eigenvalue weighted by Crippen LogP contribution is -2.07. The van der Waals surface area contributed by atoms with Gasteiger partial charge in [-0.05, 0) is 13.2 Å². The third-order valence-corrected chi connectivity index (χ3v) is 3.58. The van der Waals surface area contributed by atoms with Gasteiger partial charge in [0.2, 0.25) is 0 Å². The molecule has 18 heavy (non-hydrogen) atoms. The van der Waals surface area contributed by atoms with E-state index in [-0.39, 0.29) is 22.4 Å². The van der Waals surface area contributed by atoms with Crippen molar-refractivity contribution in [1.29, 1.82) is 0 Å². The zero-order valence-electron chi connectivity index (χ0n) is 9.81. The smallest absolute Gasteiger partial charge is 0.316 e. The van der Waals surface area contributed by atoms with Gasteiger partial charge in [-0.15, -0.1) is 0 Å². The Kier molecular flexibility index (Phi) is 6.45. The van der Waals surface area contributed by atoms with Crippen LogP contribution in [0, 0.1) is 0 Å². The molecular weight excluding hydrogens is 296 g/mol. The maximum atomic E-state index is 11.2. The summed E-state index contributed by atoms with van der Waals surface area (Å²) in [7, 11) is 0. The molecule has 0 saturated heterocycles. The average Bonchev–Trinajstić information content (AvgIpc) is 2.36. The summed E-state index contributed by atoms with van der Waals surface area (Å²) in [5.41, 5.74) is 0.198. The summed E-state index contributed by atoms with van der Waals surface area (Å²) in [4.78, 5) is 30.2. The molecule has 1 rings (SSSR count). The van der Waals surface area contributed by atoms with Crippen LogP contribution in [0.15, 0.2) is 10.2 Å². The van der Waals surface area contributed by atoms with Gasteiger partial charge in [0, 0.05) is 0 Å². The van der Waals surface area contributed by atoms with Crippen molar-refractivity contribution in [1.82, 2.24) is 9.97 Å². The third-order valence-electron chi connectivity index (χ3n) is 1.78. The monoisotopic (exact) mass is 306 g/mol. The second-order valence-corrected chi connectivity index (χ2v) is 5.03. The van der Waals surface area contributed by atoms with E-state index in [1.54, 1.807) is 13.2 Å². The van der Waals surface area contributed by atoms with E-state index in [0.717, 1.165) is 11.8 Å². The van der Waals surface area contributed by atoms with Crippen molar-refractivity contribution in [2.75, 3.05) is 18.6 Å². The van der Waals surface area contributed by atoms with E-state index in [4.69, 9.17) is 16.3 Å². The summed E-state index contributed by atoms with van der Waals surface area (Å²) in [6.45, 7) is 2.05. The Hall–Kier alpha value is -0.790. The fourth-order valence-corrected chi connectivity index (χ4v) is 2.57. The summed E-state index contributed by atoms with van der Waals surface area (Å²) < 4.78 is 4.79. The Bertz CT molecular complexity index is 457. The van der Waals surface area contributed by atoms with Crippen LogP contribution >= 0.6 is 35.1 Å². The molecule has 0 unspecified atom stereocenters. The first kappa shape index (κ1) is 15.3. The van der Waals surface area contributed by atoms with Gasteiger partial charge in [-0.2, -0.15) is 0 Å². The predicted octanol–water partition coefficient (Wildman–Crippen LogP) is 2.32. The van der Waals surface area contributed by atoms with Crippen molar-refractivity contribution in [3.05, 3.63) is 10.7 Å². The van der Waals surface area contributed by atoms with Crippen LogP contribution < -0.4 is 0 Å². The van der Waals surface area contributed by atoms with Gasteiger partial charge in [-0.1, -0.05) is 35.1 Å². The van der Waals surface area contributed by atoms with Crippen LogP contribution in [-0.4, -0.2) is 40.8 Å². The second-order valence-electron chi connectivity index (χ2n) is 2.93. The molecule has 0 fully saturated rings. The molecule has 8 heteroatoms. The first-order chi connectivity index (χ1) is 8.62. The molecule has 0 aliphatic heterocycles. The number of aromatic nitrogens is 2. The predicted molar refractivity (Wildman–Crippen MR) is 71.6 cm³/mol. The fraction of sp³-hybridized carbons (Fsp3) is 0.400. The number of nitrogens with zero attached hydrogens (tertiary/aromatic N) is 2. The number of ether oxygens (including phenoxy) is 1. The quantitative estimate of drug-likeness (QED) is 0.263. The first-order valence-corrected chi connectivity index (χ1v) is 7.56. The van der Waals surface area contributed by atoms with Crippen molar-refractivity contribution >= 4 is 47.4 Å². The van der Waals surface area contributed by atoms with Crippen molar-refractivity contribution < 1.29 is 14.3 Å². The number of rotatable bonds is 6. The van der Waals surface area contributed by atoms with Gasteiger partial charge in [-0.3, -0.25) is 9.59 Å². The Morgan fingerprint density at radius 2 is 2.22 bits per heavy atom. The molecule has 0 spiro atoms. The van der Waals surface area contributed by atoms with E-state index in [0.29, 0.717) is 23.1 Å². The number of thioether (sulfide) groups is 2. The maximum absolute atomic E-state index is 11.2. The van der Waals surface area contributed by atoms with Crippen LogP contribution in [-0.2, 0) is 9.53 Å². The zero-order valence-corrected chi connectivity index (χ0v) is 12.2. The topological polar surface area (TPSA) is 69.2 Å². The number of halogens is 1. The normalized spacial score (nSPS) is 10.2. The van der Waals surface area contributed by atoms with E-state index in [9.17, 15) is 9.59 Å². The van der Waals surface area contributed by atoms with Gasteiger partial charge < -0.3 is 4.74 Å². The lowest BCUT2D eigenvalue weighted by molar-refractivity contribution is -0.139. The molecule has 0 amide bonds. The molecule has 1 aromatic heterocycles. The molecule has 0 aromatic carbocycles. The minimum atomic E-state index is -0.361. The molecule has 0 aliphatic carbocycles. The van der Waals surface area contributed by atoms with E-state index in [1.807, 2.05) is 0 Å². The standard InChI is InChI=1S/C10H11ClN2O3S2/c1-3-16-7(15)5-18-9-6(4-14)8(11)12-10(13-9)17-2/h4H,3,5H2,1-2H3. The van der Waals surface area contributed by atoms with E-state index < -0.39 is 0 Å². The first-order valence-electron chi connectivity index (χ1n) is 4.97. The molecule has 0 radical (unpaired) electrons. The molecule has 1 heterocycles. The number of carbonyl (C=O) groups excluding carboxylic acids is 2. The van der Waals surface area contributed by atoms with Crippen LogP contribution in [0.25, 0.3) is 0 Å². The van der Waals surface area contributed by atoms with Crippen molar-refractivity contribution in [2.24, 2.45) is 0 Å². The molecule has 0 bridgehead atoms. The third kappa shape index (κ3) is 4.15. The van der Waals surface area contributed by atoms with E-state index >= 15 is 0 Å². The van der Waals surface area contributed by atoms with Crippen molar-refractivity contribution in [3.63, 3.8) is 0 Å². The minimum absolute atomic E-state index is 0.0792. The number of hydrogen-bond donors (Lipinski definition) is 0. The number of esters is 1. The summed E-state index contributed by atoms with van der Waals surface area (Å²) in [6.07, 6.45) is 2.38. The van der Waals surface area contributed by atoms with Crippen LogP contribution in [0.4, 0.5) is 0 Å². The summed E-state index contributed by atoms with van der Waals surface area (Å²) >= 11 is 8.28. The van der Waals surface area contributed by atoms with Crippen LogP contribution in [0.1, 0.15) is 17.3 Å². The molecule has 98 valence electrons. The number of carbonyl (C=O) groups is 2. The average molecular weight is 307 g/mol. The molecule has 0 saturated carbocycles. The zero-order chi connectivity index (χ0) is 13.5. The highest BCUT2D eigenvalue weighted by Crippen LogP contribution is 2.26. The molecular formula is C10H11ClN2O3S2. The molecule has 1 aromatic rings. The van der Waals surface area contributed by atoms with Gasteiger partial charge in [-0.25, -0.2) is 9.97 Å². The lowest BCUT2D eigenvalue weighted by atomic mass is 10.4. The summed E-state index contributed by atoms with van der Waals surface area (Å²) in [6, 6.07) is 0. The molecule has 0 N–H and O–H groups in total. The Labute approximate surface area is 118 Å². The Morgan fingerprint density at radius 3 is 2.78 bits per heavy atom. The molecule has 0 atom stereocenters. The van der Waals surface area contributed by atoms with Crippen LogP contribution in [0.5, 0.6) is 0 Å². The van der Waals surface area contributed by atoms with Gasteiger partial charge in [0.05, 0.1) is 17.9 Å². The van der Waals surface area contributed by atoms with Crippen molar-refractivity contribution in [2.45, 2.75) is 17.1 Å². The summed E-state index contributed by atoms with van der Waals surface area (Å²) in [5.74, 6) is -0.282. The van der Waals surface area contributed by atoms with Gasteiger partial charge in [0.15, 0.2) is 11.4 Å². The lowest BCUT2D eigenvalue weighted by Gasteiger charge is -2.06. The minimum Gasteiger partial charge on any atom is -0.465 e. The Morgan fingerprint density at radius 1 is 1.50 bits per heavy atom. The molecule has 5 nitrogen and oxygen atoms in total. The highest BCUT2D eigenvalue weighted by Gasteiger charge is 2.14. The SMILES string of the molecule is CCOC(=O)CSc1nc(SC)nc(Cl)c1C=O. The van der Waals surface area contributed by atoms with Gasteiger partial charge in [0.25, 0.3) is 0 Å². The van der Waals surface area contributed by atoms with Crippen molar-refractivity contribution in [3.8, 4) is 0 Å². The maximum Gasteiger partial charge on any atom is 0.316 e. The fourth-order valence-electron chi connectivity index (χ4n) is 1.03.